The van der Waals surface area contributed by atoms with Crippen molar-refractivity contribution in [3.63, 3.8) is 0 Å². The van der Waals surface area contributed by atoms with Crippen LogP contribution < -0.4 is 0 Å². The number of benzene rings is 3. The Morgan fingerprint density at radius 2 is 1.56 bits per heavy atom. The van der Waals surface area contributed by atoms with Gasteiger partial charge < -0.3 is 0 Å². The van der Waals surface area contributed by atoms with Crippen LogP contribution in [0.1, 0.15) is 5.56 Å². The summed E-state index contributed by atoms with van der Waals surface area (Å²) in [6, 6.07) is 22.7. The molecule has 5 heteroatoms. The zero-order valence-corrected chi connectivity index (χ0v) is 15.2. The predicted molar refractivity (Wildman–Crippen MR) is 105 cm³/mol. The molecule has 0 atom stereocenters. The first kappa shape index (κ1) is 17.5. The summed E-state index contributed by atoms with van der Waals surface area (Å²) in [5.41, 5.74) is 3.36. The molecule has 0 aliphatic heterocycles. The number of hydrogen-bond acceptors (Lipinski definition) is 2. The van der Waals surface area contributed by atoms with Crippen molar-refractivity contribution in [2.75, 3.05) is 0 Å². The summed E-state index contributed by atoms with van der Waals surface area (Å²) in [5.74, 6) is 0.00767. The molecular weight excluding hydrogens is 362 g/mol. The van der Waals surface area contributed by atoms with Gasteiger partial charge in [-0.2, -0.15) is 0 Å². The van der Waals surface area contributed by atoms with Crippen LogP contribution in [0.15, 0.2) is 90.2 Å². The van der Waals surface area contributed by atoms with Crippen molar-refractivity contribution in [2.45, 2.75) is 10.9 Å². The first-order valence-corrected chi connectivity index (χ1v) is 9.45. The van der Waals surface area contributed by atoms with E-state index in [-0.39, 0.29) is 11.6 Å². The zero-order chi connectivity index (χ0) is 18.6. The third-order valence-electron chi connectivity index (χ3n) is 4.09. The average Bonchev–Trinajstić information content (AvgIpc) is 3.11. The summed E-state index contributed by atoms with van der Waals surface area (Å²) >= 11 is 1.49. The molecular formula is C22H16F2N2S. The van der Waals surface area contributed by atoms with E-state index in [2.05, 4.69) is 0 Å². The second-order valence-corrected chi connectivity index (χ2v) is 6.99. The Hall–Kier alpha value is -2.92. The molecule has 27 heavy (non-hydrogen) atoms. The highest BCUT2D eigenvalue weighted by Gasteiger charge is 2.13. The van der Waals surface area contributed by atoms with Gasteiger partial charge in [0, 0.05) is 17.5 Å². The summed E-state index contributed by atoms with van der Waals surface area (Å²) < 4.78 is 29.0. The maximum absolute atomic E-state index is 13.7. The van der Waals surface area contributed by atoms with E-state index in [1.807, 2.05) is 53.2 Å². The number of nitrogens with zero attached hydrogens (tertiary/aromatic N) is 2. The Bertz CT molecular complexity index is 1060. The van der Waals surface area contributed by atoms with E-state index in [0.717, 1.165) is 22.0 Å². The summed E-state index contributed by atoms with van der Waals surface area (Å²) in [5, 5.41) is 0.726. The number of halogens is 2. The fourth-order valence-corrected chi connectivity index (χ4v) is 3.73. The lowest BCUT2D eigenvalue weighted by Crippen LogP contribution is -1.96. The van der Waals surface area contributed by atoms with E-state index in [1.165, 1.54) is 36.0 Å². The first-order valence-electron chi connectivity index (χ1n) is 8.47. The largest absolute Gasteiger partial charge is 0.294 e. The van der Waals surface area contributed by atoms with Crippen LogP contribution in [-0.2, 0) is 5.75 Å². The monoisotopic (exact) mass is 378 g/mol. The molecule has 0 bridgehead atoms. The smallest absolute Gasteiger partial charge is 0.173 e. The van der Waals surface area contributed by atoms with Crippen molar-refractivity contribution in [1.82, 2.24) is 9.55 Å². The van der Waals surface area contributed by atoms with Gasteiger partial charge in [0.05, 0.1) is 11.4 Å². The van der Waals surface area contributed by atoms with Crippen molar-refractivity contribution in [1.29, 1.82) is 0 Å². The minimum atomic E-state index is -0.302. The summed E-state index contributed by atoms with van der Waals surface area (Å²) in [6.45, 7) is 0. The van der Waals surface area contributed by atoms with Crippen LogP contribution in [0, 0.1) is 11.6 Å². The Labute approximate surface area is 160 Å². The fourth-order valence-electron chi connectivity index (χ4n) is 2.80. The summed E-state index contributed by atoms with van der Waals surface area (Å²) in [4.78, 5) is 4.73. The average molecular weight is 378 g/mol. The normalized spacial score (nSPS) is 10.9. The molecule has 4 rings (SSSR count). The third-order valence-corrected chi connectivity index (χ3v) is 5.11. The molecule has 0 amide bonds. The second kappa shape index (κ2) is 7.76. The van der Waals surface area contributed by atoms with E-state index < -0.39 is 0 Å². The van der Waals surface area contributed by atoms with Gasteiger partial charge in [0.15, 0.2) is 5.16 Å². The first-order chi connectivity index (χ1) is 13.2. The van der Waals surface area contributed by atoms with Gasteiger partial charge in [0.1, 0.15) is 11.6 Å². The molecule has 0 unspecified atom stereocenters. The van der Waals surface area contributed by atoms with E-state index in [9.17, 15) is 8.78 Å². The maximum Gasteiger partial charge on any atom is 0.173 e. The van der Waals surface area contributed by atoms with Crippen LogP contribution in [0.2, 0.25) is 0 Å². The highest BCUT2D eigenvalue weighted by Crippen LogP contribution is 2.29. The fraction of sp³-hybridized carbons (Fsp3) is 0.0455. The van der Waals surface area contributed by atoms with Gasteiger partial charge in [0.25, 0.3) is 0 Å². The van der Waals surface area contributed by atoms with Crippen molar-refractivity contribution in [3.05, 3.63) is 102 Å². The van der Waals surface area contributed by atoms with E-state index in [1.54, 1.807) is 12.1 Å². The Kier molecular flexibility index (Phi) is 5.03. The molecule has 134 valence electrons. The number of rotatable bonds is 5. The predicted octanol–water partition coefficient (Wildman–Crippen LogP) is 6.11. The van der Waals surface area contributed by atoms with Gasteiger partial charge in [-0.25, -0.2) is 13.8 Å². The van der Waals surface area contributed by atoms with Crippen LogP contribution in [0.3, 0.4) is 0 Å². The van der Waals surface area contributed by atoms with Gasteiger partial charge in [-0.3, -0.25) is 4.57 Å². The third kappa shape index (κ3) is 4.09. The molecule has 0 aliphatic rings. The lowest BCUT2D eigenvalue weighted by Gasteiger charge is -2.07. The van der Waals surface area contributed by atoms with Crippen molar-refractivity contribution in [2.24, 2.45) is 0 Å². The molecule has 0 saturated carbocycles. The van der Waals surface area contributed by atoms with Crippen molar-refractivity contribution in [3.8, 4) is 16.9 Å². The van der Waals surface area contributed by atoms with Gasteiger partial charge in [-0.05, 0) is 35.9 Å². The molecule has 0 saturated heterocycles. The zero-order valence-electron chi connectivity index (χ0n) is 14.3. The molecule has 1 heterocycles. The standard InChI is InChI=1S/C22H16F2N2S/c23-18-9-4-6-16(12-18)15-27-22-25-21(17-7-2-1-3-8-17)14-26(22)20-11-5-10-19(24)13-20/h1-14H,15H2. The number of imidazole rings is 1. The van der Waals surface area contributed by atoms with Gasteiger partial charge in [-0.1, -0.05) is 60.3 Å². The van der Waals surface area contributed by atoms with Crippen LogP contribution in [-0.4, -0.2) is 9.55 Å². The summed E-state index contributed by atoms with van der Waals surface area (Å²) in [6.07, 6.45) is 1.90. The molecule has 0 radical (unpaired) electrons. The molecule has 0 N–H and O–H groups in total. The highest BCUT2D eigenvalue weighted by molar-refractivity contribution is 7.98. The van der Waals surface area contributed by atoms with Gasteiger partial charge >= 0.3 is 0 Å². The Morgan fingerprint density at radius 3 is 2.30 bits per heavy atom. The van der Waals surface area contributed by atoms with Crippen LogP contribution in [0.5, 0.6) is 0 Å². The lowest BCUT2D eigenvalue weighted by molar-refractivity contribution is 0.625. The quantitative estimate of drug-likeness (QED) is 0.390. The van der Waals surface area contributed by atoms with Gasteiger partial charge in [0.2, 0.25) is 0 Å². The molecule has 0 aliphatic carbocycles. The van der Waals surface area contributed by atoms with Crippen LogP contribution in [0.25, 0.3) is 16.9 Å². The topological polar surface area (TPSA) is 17.8 Å². The number of thioether (sulfide) groups is 1. The van der Waals surface area contributed by atoms with Gasteiger partial charge in [-0.15, -0.1) is 0 Å². The number of hydrogen-bond donors (Lipinski definition) is 0. The molecule has 1 aromatic heterocycles. The second-order valence-electron chi connectivity index (χ2n) is 6.04. The molecule has 0 fully saturated rings. The highest BCUT2D eigenvalue weighted by atomic mass is 32.2. The summed E-state index contributed by atoms with van der Waals surface area (Å²) in [7, 11) is 0. The Balaban J connectivity index is 1.71. The van der Waals surface area contributed by atoms with Crippen LogP contribution >= 0.6 is 11.8 Å². The number of aromatic nitrogens is 2. The SMILES string of the molecule is Fc1cccc(CSc2nc(-c3ccccc3)cn2-c2cccc(F)c2)c1. The maximum atomic E-state index is 13.7. The van der Waals surface area contributed by atoms with Crippen molar-refractivity contribution >= 4 is 11.8 Å². The Morgan fingerprint density at radius 1 is 0.815 bits per heavy atom. The minimum Gasteiger partial charge on any atom is -0.294 e. The van der Waals surface area contributed by atoms with Crippen molar-refractivity contribution < 1.29 is 8.78 Å². The lowest BCUT2D eigenvalue weighted by atomic mass is 10.2. The molecule has 2 nitrogen and oxygen atoms in total. The molecule has 0 spiro atoms. The van der Waals surface area contributed by atoms with E-state index in [0.29, 0.717) is 11.4 Å². The molecule has 4 aromatic rings. The van der Waals surface area contributed by atoms with Crippen LogP contribution in [0.4, 0.5) is 8.78 Å². The van der Waals surface area contributed by atoms with E-state index >= 15 is 0 Å². The van der Waals surface area contributed by atoms with E-state index in [4.69, 9.17) is 4.98 Å². The minimum absolute atomic E-state index is 0.258. The molecule has 3 aromatic carbocycles.